The molecule has 0 aliphatic carbocycles. The lowest BCUT2D eigenvalue weighted by atomic mass is 9.88. The molecule has 2 fully saturated rings. The van der Waals surface area contributed by atoms with Gasteiger partial charge in [0.25, 0.3) is 0 Å². The number of benzene rings is 1. The first kappa shape index (κ1) is 74.3. The van der Waals surface area contributed by atoms with Gasteiger partial charge < -0.3 is 34.0 Å². The van der Waals surface area contributed by atoms with Gasteiger partial charge in [0.05, 0.1) is 47.3 Å². The number of amides is 2. The van der Waals surface area contributed by atoms with Crippen LogP contribution in [0.1, 0.15) is 178 Å². The first-order valence-corrected chi connectivity index (χ1v) is 30.7. The van der Waals surface area contributed by atoms with Gasteiger partial charge >= 0.3 is 46.9 Å². The van der Waals surface area contributed by atoms with E-state index in [0.717, 1.165) is 125 Å². The molecule has 9 heterocycles. The monoisotopic (exact) mass is 1250 g/mol. The van der Waals surface area contributed by atoms with Crippen molar-refractivity contribution in [1.29, 1.82) is 0 Å². The molecule has 0 spiro atoms. The van der Waals surface area contributed by atoms with Crippen molar-refractivity contribution in [3.05, 3.63) is 112 Å². The number of carbonyl (C=O) groups excluding carboxylic acids is 2. The molecule has 476 valence electrons. The molecule has 0 unspecified atom stereocenters. The first-order chi connectivity index (χ1) is 39.9. The standard InChI is InChI=1S/C21H26N4.2C19H30N4O2.2CH4.3O2S/c1-16-11-20-19(14-25(16)12-17-7-4-3-5-8-17)21(23-15-22-20)18-9-6-10-24(2)13-18;2*1-13-9-16-15(11-23(13)18(24)25-19(2,3)4)17(21-12-20-16)14-7-6-8-22(5)10-14;;;3*1-3-2/h3-5,7-9,15-16H,6,10-14H2,1-2H3;2*12-14H,6-11H2,1-5H3;2*1H4;;;/t16-;13-,14+;13-,14-;;;;;/m111...../s1. The predicted molar refractivity (Wildman–Crippen MR) is 334 cm³/mol. The Labute approximate surface area is 521 Å². The Balaban J connectivity index is 0.000000312. The predicted octanol–water partition coefficient (Wildman–Crippen LogP) is 8.34. The molecule has 4 aromatic rings. The fraction of sp³-hybridized carbons (Fsp3) is 0.639. The molecule has 0 radical (unpaired) electrons. The fourth-order valence-electron chi connectivity index (χ4n) is 11.6. The third-order valence-corrected chi connectivity index (χ3v) is 15.5. The number of piperidine rings is 2. The van der Waals surface area contributed by atoms with E-state index in [1.807, 2.05) is 51.3 Å². The molecule has 2 saturated heterocycles. The van der Waals surface area contributed by atoms with Gasteiger partial charge in [-0.05, 0) is 140 Å². The van der Waals surface area contributed by atoms with Gasteiger partial charge in [-0.1, -0.05) is 51.3 Å². The Morgan fingerprint density at radius 3 is 1.38 bits per heavy atom. The number of likely N-dealkylation sites (tertiary alicyclic amines) is 2. The van der Waals surface area contributed by atoms with Gasteiger partial charge in [0.15, 0.2) is 0 Å². The van der Waals surface area contributed by atoms with Crippen molar-refractivity contribution in [3.8, 4) is 0 Å². The topological polar surface area (TPSA) is 252 Å². The molecule has 86 heavy (non-hydrogen) atoms. The molecule has 5 atom stereocenters. The van der Waals surface area contributed by atoms with E-state index in [1.165, 1.54) is 40.9 Å². The number of fused-ring (bicyclic) bond motifs is 3. The van der Waals surface area contributed by atoms with E-state index in [0.29, 0.717) is 31.0 Å². The van der Waals surface area contributed by atoms with Crippen LogP contribution in [0.3, 0.4) is 0 Å². The normalized spacial score (nSPS) is 21.1. The van der Waals surface area contributed by atoms with Crippen LogP contribution in [0, 0.1) is 0 Å². The van der Waals surface area contributed by atoms with Gasteiger partial charge in [-0.15, -0.1) is 0 Å². The maximum atomic E-state index is 12.6. The van der Waals surface area contributed by atoms with Crippen LogP contribution in [0.5, 0.6) is 0 Å². The van der Waals surface area contributed by atoms with Crippen LogP contribution in [-0.4, -0.2) is 186 Å². The lowest BCUT2D eigenvalue weighted by molar-refractivity contribution is 0.0123. The third-order valence-electron chi connectivity index (χ3n) is 15.5. The number of nitrogens with zero attached hydrogens (tertiary/aromatic N) is 12. The molecular formula is C61H94N12O10S3. The van der Waals surface area contributed by atoms with Gasteiger partial charge in [0.1, 0.15) is 30.2 Å². The van der Waals surface area contributed by atoms with E-state index in [4.69, 9.17) is 34.7 Å². The van der Waals surface area contributed by atoms with Gasteiger partial charge in [-0.2, -0.15) is 25.3 Å². The van der Waals surface area contributed by atoms with Crippen LogP contribution in [0.2, 0.25) is 0 Å². The van der Waals surface area contributed by atoms with Crippen LogP contribution in [-0.2, 0) is 89.6 Å². The average molecular weight is 1250 g/mol. The van der Waals surface area contributed by atoms with E-state index in [-0.39, 0.29) is 39.1 Å². The van der Waals surface area contributed by atoms with Crippen molar-refractivity contribution in [3.63, 3.8) is 0 Å². The quantitative estimate of drug-likeness (QED) is 0.182. The van der Waals surface area contributed by atoms with Gasteiger partial charge in [-0.25, -0.2) is 39.5 Å². The number of aromatic nitrogens is 6. The summed E-state index contributed by atoms with van der Waals surface area (Å²) >= 11 is -2.25. The molecule has 3 aromatic heterocycles. The van der Waals surface area contributed by atoms with Gasteiger partial charge in [0.2, 0.25) is 0 Å². The molecule has 6 aliphatic heterocycles. The highest BCUT2D eigenvalue weighted by atomic mass is 32.1. The summed E-state index contributed by atoms with van der Waals surface area (Å²) in [5.41, 5.74) is 12.2. The lowest BCUT2D eigenvalue weighted by Gasteiger charge is -2.37. The molecule has 22 nitrogen and oxygen atoms in total. The summed E-state index contributed by atoms with van der Waals surface area (Å²) in [6, 6.07) is 11.4. The number of carbonyl (C=O) groups is 2. The summed E-state index contributed by atoms with van der Waals surface area (Å²) < 4.78 is 61.0. The Hall–Kier alpha value is -5.96. The summed E-state index contributed by atoms with van der Waals surface area (Å²) in [6.45, 7) is 27.3. The van der Waals surface area contributed by atoms with E-state index in [9.17, 15) is 9.59 Å². The van der Waals surface area contributed by atoms with Crippen LogP contribution in [0.4, 0.5) is 9.59 Å². The van der Waals surface area contributed by atoms with Crippen molar-refractivity contribution in [2.45, 2.75) is 196 Å². The highest BCUT2D eigenvalue weighted by Gasteiger charge is 2.37. The molecule has 10 rings (SSSR count). The second kappa shape index (κ2) is 35.7. The van der Waals surface area contributed by atoms with Gasteiger partial charge in [-0.3, -0.25) is 4.90 Å². The molecule has 6 aliphatic rings. The molecule has 0 N–H and O–H groups in total. The molecule has 1 aromatic carbocycles. The summed E-state index contributed by atoms with van der Waals surface area (Å²) in [4.78, 5) is 66.1. The van der Waals surface area contributed by atoms with E-state index < -0.39 is 45.9 Å². The van der Waals surface area contributed by atoms with Crippen LogP contribution in [0.25, 0.3) is 5.57 Å². The van der Waals surface area contributed by atoms with Crippen molar-refractivity contribution < 1.29 is 44.3 Å². The summed E-state index contributed by atoms with van der Waals surface area (Å²) in [6.07, 6.45) is 15.3. The summed E-state index contributed by atoms with van der Waals surface area (Å²) in [7, 11) is 6.51. The average Bonchev–Trinajstić information content (AvgIpc) is 0.993. The highest BCUT2D eigenvalue weighted by Crippen LogP contribution is 2.35. The highest BCUT2D eigenvalue weighted by molar-refractivity contribution is 7.52. The van der Waals surface area contributed by atoms with Crippen LogP contribution in [0.15, 0.2) is 55.4 Å². The fourth-order valence-corrected chi connectivity index (χ4v) is 11.6. The molecule has 0 saturated carbocycles. The first-order valence-electron chi connectivity index (χ1n) is 28.7. The Morgan fingerprint density at radius 2 is 0.965 bits per heavy atom. The maximum absolute atomic E-state index is 12.6. The van der Waals surface area contributed by atoms with Gasteiger partial charge in [0, 0.05) is 105 Å². The smallest absolute Gasteiger partial charge is 0.410 e. The van der Waals surface area contributed by atoms with Crippen LogP contribution >= 0.6 is 0 Å². The second-order valence-corrected chi connectivity index (χ2v) is 24.9. The third kappa shape index (κ3) is 22.3. The minimum Gasteiger partial charge on any atom is -0.444 e. The Kier molecular flexibility index (Phi) is 30.9. The number of rotatable bonds is 5. The zero-order chi connectivity index (χ0) is 61.7. The molecule has 0 bridgehead atoms. The van der Waals surface area contributed by atoms with Crippen molar-refractivity contribution in [1.82, 2.24) is 59.3 Å². The minimum absolute atomic E-state index is 0. The lowest BCUT2D eigenvalue weighted by Crippen LogP contribution is -2.46. The van der Waals surface area contributed by atoms with Crippen molar-refractivity contribution in [2.75, 3.05) is 60.4 Å². The largest absolute Gasteiger partial charge is 0.444 e. The van der Waals surface area contributed by atoms with Crippen molar-refractivity contribution >= 4 is 52.5 Å². The number of hydrogen-bond donors (Lipinski definition) is 0. The molecule has 2 amide bonds. The van der Waals surface area contributed by atoms with E-state index >= 15 is 0 Å². The van der Waals surface area contributed by atoms with Crippen molar-refractivity contribution in [2.24, 2.45) is 0 Å². The zero-order valence-corrected chi connectivity index (χ0v) is 53.4. The number of hydrogen-bond acceptors (Lipinski definition) is 20. The van der Waals surface area contributed by atoms with Crippen LogP contribution < -0.4 is 0 Å². The molecular weight excluding hydrogens is 1160 g/mol. The number of likely N-dealkylation sites (N-methyl/N-ethyl adjacent to an activating group) is 3. The summed E-state index contributed by atoms with van der Waals surface area (Å²) in [5.74, 6) is 0.841. The zero-order valence-electron chi connectivity index (χ0n) is 51.0. The SMILES string of the molecule is C.C.C[C@@H]1Cc2ncnc(C3=CCCN(C)C3)c2CN1Cc1ccccc1.C[C@@H]1Cc2ncnc([C@@H]3CCCN(C)C3)c2CN1C(=O)OC(C)(C)C.C[C@@H]1Cc2ncnc([C@H]3CCCN(C)C3)c2CN1C(=O)OC(C)(C)C.O=S=O.O=S=O.O=S=O. The minimum atomic E-state index is -0.750. The Bertz CT molecular complexity index is 2810. The Morgan fingerprint density at radius 1 is 0.547 bits per heavy atom. The van der Waals surface area contributed by atoms with E-state index in [2.05, 4.69) is 128 Å². The summed E-state index contributed by atoms with van der Waals surface area (Å²) in [5, 5.41) is 0. The number of ether oxygens (including phenoxy) is 2. The molecule has 25 heteroatoms. The van der Waals surface area contributed by atoms with E-state index in [1.54, 1.807) is 19.0 Å². The second-order valence-electron chi connectivity index (χ2n) is 24.4. The maximum Gasteiger partial charge on any atom is 0.410 e.